The molecule has 1 unspecified atom stereocenters. The molecule has 0 amide bonds. The van der Waals surface area contributed by atoms with Gasteiger partial charge in [0.15, 0.2) is 5.54 Å². The summed E-state index contributed by atoms with van der Waals surface area (Å²) in [4.78, 5) is 12.3. The molecule has 0 saturated carbocycles. The first-order valence-corrected chi connectivity index (χ1v) is 12.1. The maximum atomic E-state index is 12.3. The number of rotatable bonds is 18. The van der Waals surface area contributed by atoms with E-state index in [-0.39, 0.29) is 13.4 Å². The van der Waals surface area contributed by atoms with Crippen LogP contribution in [0.4, 0.5) is 0 Å². The maximum absolute atomic E-state index is 12.3. The van der Waals surface area contributed by atoms with Crippen LogP contribution < -0.4 is 5.73 Å². The molecule has 3 heteroatoms. The van der Waals surface area contributed by atoms with E-state index < -0.39 is 5.54 Å². The van der Waals surface area contributed by atoms with Gasteiger partial charge in [-0.25, -0.2) is 4.79 Å². The van der Waals surface area contributed by atoms with Crippen molar-refractivity contribution < 1.29 is 15.3 Å². The van der Waals surface area contributed by atoms with Crippen molar-refractivity contribution in [2.75, 3.05) is 7.11 Å². The van der Waals surface area contributed by atoms with Gasteiger partial charge in [-0.3, -0.25) is 0 Å². The molecule has 0 aromatic heterocycles. The lowest BCUT2D eigenvalue weighted by Crippen LogP contribution is -2.78. The Labute approximate surface area is 187 Å². The van der Waals surface area contributed by atoms with E-state index in [1.54, 1.807) is 0 Å². The molecule has 0 radical (unpaired) electrons. The normalized spacial score (nSPS) is 12.8. The molecule has 0 fully saturated rings. The summed E-state index contributed by atoms with van der Waals surface area (Å²) in [7, 11) is 1.47. The Hall–Kier alpha value is -1.35. The molecule has 174 valence electrons. The van der Waals surface area contributed by atoms with Crippen molar-refractivity contribution in [3.05, 3.63) is 43.3 Å². The zero-order chi connectivity index (χ0) is 21.2. The molecule has 1 aromatic rings. The van der Waals surface area contributed by atoms with Crippen molar-refractivity contribution in [3.8, 4) is 0 Å². The Bertz CT molecular complexity index is 517. The molecule has 3 nitrogen and oxygen atoms in total. The third-order valence-electron chi connectivity index (χ3n) is 6.01. The van der Waals surface area contributed by atoms with Gasteiger partial charge in [0, 0.05) is 12.8 Å². The van der Waals surface area contributed by atoms with Crippen LogP contribution in [0, 0.1) is 7.43 Å². The zero-order valence-electron chi connectivity index (χ0n) is 20.2. The minimum Gasteiger partial charge on any atom is -0.464 e. The van der Waals surface area contributed by atoms with Crippen LogP contribution in [0.3, 0.4) is 0 Å². The standard InChI is InChI=1S/C26H45NO2.CH3/c1-3-4-5-6-7-8-9-10-11-12-13-14-15-19-22-26(27,25(28)29-2)23-24-20-17-16-18-21-24;/h16-18,20-21H,3-15,19,22-23,27H2,1-2H3;1H3/q;-1/p+1. The molecule has 30 heavy (non-hydrogen) atoms. The highest BCUT2D eigenvalue weighted by molar-refractivity contribution is 5.79. The SMILES string of the molecule is CCCCCCCCCCCCCCCCC([NH3+])(Cc1ccccc1)C(=O)OC.[CH3-]. The number of quaternary nitrogens is 1. The molecular weight excluding hydrogens is 370 g/mol. The average molecular weight is 420 g/mol. The number of ether oxygens (including phenoxy) is 1. The summed E-state index contributed by atoms with van der Waals surface area (Å²) >= 11 is 0. The van der Waals surface area contributed by atoms with Gasteiger partial charge in [-0.05, 0) is 12.0 Å². The third-order valence-corrected chi connectivity index (χ3v) is 6.01. The van der Waals surface area contributed by atoms with E-state index >= 15 is 0 Å². The quantitative estimate of drug-likeness (QED) is 0.163. The topological polar surface area (TPSA) is 53.9 Å². The van der Waals surface area contributed by atoms with E-state index in [0.717, 1.165) is 18.4 Å². The van der Waals surface area contributed by atoms with Gasteiger partial charge in [0.25, 0.3) is 0 Å². The number of esters is 1. The molecule has 0 bridgehead atoms. The predicted octanol–water partition coefficient (Wildman–Crippen LogP) is 6.70. The Morgan fingerprint density at radius 1 is 0.800 bits per heavy atom. The Balaban J connectivity index is 0.00000841. The summed E-state index contributed by atoms with van der Waals surface area (Å²) in [5, 5.41) is 0. The van der Waals surface area contributed by atoms with Crippen LogP contribution >= 0.6 is 0 Å². The second-order valence-electron chi connectivity index (χ2n) is 8.78. The fourth-order valence-corrected chi connectivity index (χ4v) is 4.12. The molecule has 1 aromatic carbocycles. The summed E-state index contributed by atoms with van der Waals surface area (Å²) in [6.45, 7) is 2.28. The van der Waals surface area contributed by atoms with Crippen molar-refractivity contribution >= 4 is 5.97 Å². The van der Waals surface area contributed by atoms with Gasteiger partial charge in [0.1, 0.15) is 0 Å². The van der Waals surface area contributed by atoms with Gasteiger partial charge in [0.2, 0.25) is 0 Å². The minimum atomic E-state index is -0.659. The molecule has 1 atom stereocenters. The summed E-state index contributed by atoms with van der Waals surface area (Å²) < 4.78 is 5.06. The minimum absolute atomic E-state index is 0. The first-order valence-electron chi connectivity index (χ1n) is 12.1. The molecule has 0 aliphatic heterocycles. The second-order valence-corrected chi connectivity index (χ2v) is 8.78. The van der Waals surface area contributed by atoms with Crippen molar-refractivity contribution in [1.82, 2.24) is 0 Å². The lowest BCUT2D eigenvalue weighted by molar-refractivity contribution is -0.464. The van der Waals surface area contributed by atoms with Gasteiger partial charge in [0.05, 0.1) is 7.11 Å². The third kappa shape index (κ3) is 13.1. The van der Waals surface area contributed by atoms with Gasteiger partial charge < -0.3 is 17.9 Å². The first-order chi connectivity index (χ1) is 14.1. The molecule has 0 heterocycles. The average Bonchev–Trinajstić information content (AvgIpc) is 2.74. The van der Waals surface area contributed by atoms with E-state index in [1.807, 2.05) is 18.2 Å². The highest BCUT2D eigenvalue weighted by Crippen LogP contribution is 2.20. The number of hydrogen-bond donors (Lipinski definition) is 1. The Morgan fingerprint density at radius 3 is 1.67 bits per heavy atom. The van der Waals surface area contributed by atoms with Crippen molar-refractivity contribution in [2.45, 2.75) is 115 Å². The van der Waals surface area contributed by atoms with E-state index in [9.17, 15) is 4.79 Å². The number of methoxy groups -OCH3 is 1. The molecule has 0 spiro atoms. The maximum Gasteiger partial charge on any atom is 0.368 e. The van der Waals surface area contributed by atoms with Crippen LogP contribution in [0.2, 0.25) is 0 Å². The Kier molecular flexibility index (Phi) is 17.6. The first kappa shape index (κ1) is 28.6. The molecule has 1 rings (SSSR count). The van der Waals surface area contributed by atoms with E-state index in [0.29, 0.717) is 6.42 Å². The molecule has 0 saturated heterocycles. The van der Waals surface area contributed by atoms with Crippen LogP contribution in [-0.2, 0) is 16.0 Å². The van der Waals surface area contributed by atoms with Gasteiger partial charge in [-0.2, -0.15) is 0 Å². The Morgan fingerprint density at radius 2 is 1.23 bits per heavy atom. The highest BCUT2D eigenvalue weighted by Gasteiger charge is 2.39. The van der Waals surface area contributed by atoms with E-state index in [4.69, 9.17) is 4.74 Å². The van der Waals surface area contributed by atoms with Gasteiger partial charge in [-0.15, -0.1) is 0 Å². The molecular formula is C27H49NO2. The van der Waals surface area contributed by atoms with E-state index in [2.05, 4.69) is 24.8 Å². The molecule has 0 aliphatic rings. The van der Waals surface area contributed by atoms with Crippen LogP contribution in [0.15, 0.2) is 30.3 Å². The van der Waals surface area contributed by atoms with Crippen molar-refractivity contribution in [2.24, 2.45) is 0 Å². The van der Waals surface area contributed by atoms with Crippen LogP contribution in [0.5, 0.6) is 0 Å². The molecule has 3 N–H and O–H groups in total. The van der Waals surface area contributed by atoms with Crippen molar-refractivity contribution in [3.63, 3.8) is 0 Å². The summed E-state index contributed by atoms with van der Waals surface area (Å²) in [6.07, 6.45) is 20.2. The summed E-state index contributed by atoms with van der Waals surface area (Å²) in [6, 6.07) is 10.2. The highest BCUT2D eigenvalue weighted by atomic mass is 16.5. The van der Waals surface area contributed by atoms with Crippen LogP contribution in [-0.4, -0.2) is 18.6 Å². The van der Waals surface area contributed by atoms with Crippen LogP contribution in [0.25, 0.3) is 0 Å². The monoisotopic (exact) mass is 419 g/mol. The summed E-state index contributed by atoms with van der Waals surface area (Å²) in [5.74, 6) is -0.184. The fraction of sp³-hybridized carbons (Fsp3) is 0.704. The van der Waals surface area contributed by atoms with Crippen LogP contribution in [0.1, 0.15) is 109 Å². The van der Waals surface area contributed by atoms with Gasteiger partial charge >= 0.3 is 5.97 Å². The largest absolute Gasteiger partial charge is 0.464 e. The number of unbranched alkanes of at least 4 members (excludes halogenated alkanes) is 13. The smallest absolute Gasteiger partial charge is 0.368 e. The summed E-state index contributed by atoms with van der Waals surface area (Å²) in [5.41, 5.74) is 4.75. The number of carbonyl (C=O) groups excluding carboxylic acids is 1. The zero-order valence-corrected chi connectivity index (χ0v) is 20.2. The predicted molar refractivity (Wildman–Crippen MR) is 129 cm³/mol. The van der Waals surface area contributed by atoms with E-state index in [1.165, 1.54) is 90.6 Å². The second kappa shape index (κ2) is 18.4. The fourth-order valence-electron chi connectivity index (χ4n) is 4.12. The lowest BCUT2D eigenvalue weighted by Gasteiger charge is -2.23. The number of carbonyl (C=O) groups is 1. The van der Waals surface area contributed by atoms with Crippen molar-refractivity contribution in [1.29, 1.82) is 0 Å². The lowest BCUT2D eigenvalue weighted by atomic mass is 9.86. The number of hydrogen-bond acceptors (Lipinski definition) is 2. The molecule has 0 aliphatic carbocycles. The number of benzene rings is 1. The van der Waals surface area contributed by atoms with Gasteiger partial charge in [-0.1, -0.05) is 121 Å².